The Morgan fingerprint density at radius 2 is 1.90 bits per heavy atom. The van der Waals surface area contributed by atoms with Crippen molar-refractivity contribution in [2.24, 2.45) is 5.10 Å². The average molecular weight is 455 g/mol. The molecule has 31 heavy (non-hydrogen) atoms. The lowest BCUT2D eigenvalue weighted by atomic mass is 10.0. The lowest BCUT2D eigenvalue weighted by molar-refractivity contribution is -0.302. The van der Waals surface area contributed by atoms with E-state index in [4.69, 9.17) is 16.3 Å². The van der Waals surface area contributed by atoms with E-state index in [1.165, 1.54) is 24.3 Å². The molecular weight excluding hydrogens is 433 g/mol. The number of carbonyl (C=O) groups excluding carboxylic acids is 1. The van der Waals surface area contributed by atoms with Crippen LogP contribution in [-0.2, 0) is 4.79 Å². The van der Waals surface area contributed by atoms with Gasteiger partial charge in [0.1, 0.15) is 5.75 Å². The molecule has 2 aromatic rings. The molecule has 1 amide bonds. The standard InChI is InChI=1S/C22H22ClF3N2O3/c1-13(2)17-9-4-14(3)10-19(17)31-12-20(29)28-21(30,22(24,25)26)11-18(27-28)15-5-7-16(23)8-6-15/h4-10,13,30H,11-12H2,1-3H3/t21-/m1/s1. The zero-order valence-corrected chi connectivity index (χ0v) is 18.0. The Hall–Kier alpha value is -2.58. The molecule has 1 heterocycles. The van der Waals surface area contributed by atoms with Gasteiger partial charge in [-0.3, -0.25) is 4.79 Å². The first-order valence-electron chi connectivity index (χ1n) is 9.61. The fourth-order valence-corrected chi connectivity index (χ4v) is 3.40. The number of carbonyl (C=O) groups is 1. The van der Waals surface area contributed by atoms with Gasteiger partial charge in [-0.25, -0.2) is 0 Å². The molecule has 0 saturated carbocycles. The van der Waals surface area contributed by atoms with Crippen molar-refractivity contribution >= 4 is 23.2 Å². The molecule has 0 saturated heterocycles. The van der Waals surface area contributed by atoms with Gasteiger partial charge >= 0.3 is 6.18 Å². The second kappa shape index (κ2) is 8.51. The number of benzene rings is 2. The van der Waals surface area contributed by atoms with Crippen molar-refractivity contribution in [2.75, 3.05) is 6.61 Å². The van der Waals surface area contributed by atoms with E-state index in [9.17, 15) is 23.1 Å². The molecule has 1 atom stereocenters. The Kier molecular flexibility index (Phi) is 6.34. The molecule has 1 N–H and O–H groups in total. The van der Waals surface area contributed by atoms with Gasteiger partial charge in [-0.15, -0.1) is 0 Å². The zero-order chi connectivity index (χ0) is 23.0. The summed E-state index contributed by atoms with van der Waals surface area (Å²) in [6.07, 6.45) is -6.02. The summed E-state index contributed by atoms with van der Waals surface area (Å²) < 4.78 is 46.7. The molecule has 166 valence electrons. The Morgan fingerprint density at radius 1 is 1.26 bits per heavy atom. The van der Waals surface area contributed by atoms with Crippen LogP contribution in [0.5, 0.6) is 5.75 Å². The third kappa shape index (κ3) is 4.70. The molecule has 1 aliphatic heterocycles. The topological polar surface area (TPSA) is 62.1 Å². The van der Waals surface area contributed by atoms with Gasteiger partial charge in [-0.1, -0.05) is 49.7 Å². The van der Waals surface area contributed by atoms with E-state index in [0.29, 0.717) is 16.3 Å². The van der Waals surface area contributed by atoms with Gasteiger partial charge in [0.2, 0.25) is 0 Å². The molecule has 2 aromatic carbocycles. The third-order valence-corrected chi connectivity index (χ3v) is 5.25. The lowest BCUT2D eigenvalue weighted by Crippen LogP contribution is -2.57. The van der Waals surface area contributed by atoms with E-state index in [-0.39, 0.29) is 16.6 Å². The van der Waals surface area contributed by atoms with E-state index in [1.807, 2.05) is 32.9 Å². The molecule has 0 aliphatic carbocycles. The van der Waals surface area contributed by atoms with Gasteiger partial charge in [-0.05, 0) is 47.7 Å². The molecular formula is C22H22ClF3N2O3. The number of aliphatic hydroxyl groups is 1. The highest BCUT2D eigenvalue weighted by Crippen LogP contribution is 2.41. The second-order valence-corrected chi connectivity index (χ2v) is 8.17. The molecule has 1 aliphatic rings. The molecule has 0 aromatic heterocycles. The highest BCUT2D eigenvalue weighted by molar-refractivity contribution is 6.30. The van der Waals surface area contributed by atoms with Crippen molar-refractivity contribution in [1.29, 1.82) is 0 Å². The maximum atomic E-state index is 13.7. The van der Waals surface area contributed by atoms with Crippen LogP contribution in [0.3, 0.4) is 0 Å². The number of alkyl halides is 3. The van der Waals surface area contributed by atoms with Crippen molar-refractivity contribution in [3.8, 4) is 5.75 Å². The molecule has 0 spiro atoms. The number of hydrogen-bond donors (Lipinski definition) is 1. The van der Waals surface area contributed by atoms with Gasteiger partial charge in [0.15, 0.2) is 6.61 Å². The molecule has 0 radical (unpaired) electrons. The summed E-state index contributed by atoms with van der Waals surface area (Å²) in [5, 5.41) is 14.7. The largest absolute Gasteiger partial charge is 0.483 e. The van der Waals surface area contributed by atoms with E-state index in [2.05, 4.69) is 5.10 Å². The Labute approximate surface area is 183 Å². The van der Waals surface area contributed by atoms with Crippen LogP contribution in [0.4, 0.5) is 13.2 Å². The quantitative estimate of drug-likeness (QED) is 0.688. The summed E-state index contributed by atoms with van der Waals surface area (Å²) in [7, 11) is 0. The Balaban J connectivity index is 1.88. The normalized spacial score (nSPS) is 19.0. The van der Waals surface area contributed by atoms with E-state index in [0.717, 1.165) is 11.1 Å². The number of rotatable bonds is 5. The number of hydrazone groups is 1. The Bertz CT molecular complexity index is 1010. The summed E-state index contributed by atoms with van der Waals surface area (Å²) in [6, 6.07) is 11.4. The number of amides is 1. The fraction of sp³-hybridized carbons (Fsp3) is 0.364. The summed E-state index contributed by atoms with van der Waals surface area (Å²) >= 11 is 5.82. The predicted molar refractivity (Wildman–Crippen MR) is 111 cm³/mol. The number of ether oxygens (including phenoxy) is 1. The van der Waals surface area contributed by atoms with Crippen molar-refractivity contribution < 1.29 is 27.8 Å². The van der Waals surface area contributed by atoms with Gasteiger partial charge in [0.25, 0.3) is 11.6 Å². The van der Waals surface area contributed by atoms with Crippen molar-refractivity contribution in [3.63, 3.8) is 0 Å². The number of nitrogens with zero attached hydrogens (tertiary/aromatic N) is 2. The predicted octanol–water partition coefficient (Wildman–Crippen LogP) is 5.04. The minimum Gasteiger partial charge on any atom is -0.483 e. The number of aryl methyl sites for hydroxylation is 1. The van der Waals surface area contributed by atoms with E-state index < -0.39 is 30.8 Å². The van der Waals surface area contributed by atoms with E-state index in [1.54, 1.807) is 6.07 Å². The maximum Gasteiger partial charge on any atom is 0.438 e. The van der Waals surface area contributed by atoms with Crippen LogP contribution in [-0.4, -0.2) is 40.2 Å². The first-order valence-corrected chi connectivity index (χ1v) is 9.99. The third-order valence-electron chi connectivity index (χ3n) is 4.99. The molecule has 0 bridgehead atoms. The first-order chi connectivity index (χ1) is 14.4. The molecule has 0 unspecified atom stereocenters. The molecule has 0 fully saturated rings. The van der Waals surface area contributed by atoms with Crippen molar-refractivity contribution in [3.05, 3.63) is 64.2 Å². The van der Waals surface area contributed by atoms with Crippen LogP contribution in [0.15, 0.2) is 47.6 Å². The van der Waals surface area contributed by atoms with Gasteiger partial charge in [0.05, 0.1) is 12.1 Å². The van der Waals surface area contributed by atoms with Crippen LogP contribution in [0.2, 0.25) is 5.02 Å². The van der Waals surface area contributed by atoms with Gasteiger partial charge in [-0.2, -0.15) is 23.3 Å². The highest BCUT2D eigenvalue weighted by Gasteiger charge is 2.63. The van der Waals surface area contributed by atoms with Crippen LogP contribution < -0.4 is 4.74 Å². The molecule has 5 nitrogen and oxygen atoms in total. The monoisotopic (exact) mass is 454 g/mol. The fourth-order valence-electron chi connectivity index (χ4n) is 3.28. The summed E-state index contributed by atoms with van der Waals surface area (Å²) in [6.45, 7) is 5.00. The Morgan fingerprint density at radius 3 is 2.48 bits per heavy atom. The van der Waals surface area contributed by atoms with E-state index >= 15 is 0 Å². The summed E-state index contributed by atoms with van der Waals surface area (Å²) in [5.74, 6) is -0.626. The maximum absolute atomic E-state index is 13.7. The van der Waals surface area contributed by atoms with Gasteiger partial charge in [0, 0.05) is 5.02 Å². The van der Waals surface area contributed by atoms with Crippen LogP contribution in [0.1, 0.15) is 42.9 Å². The van der Waals surface area contributed by atoms with Crippen LogP contribution in [0, 0.1) is 6.92 Å². The molecule has 9 heteroatoms. The second-order valence-electron chi connectivity index (χ2n) is 7.73. The zero-order valence-electron chi connectivity index (χ0n) is 17.2. The van der Waals surface area contributed by atoms with Crippen LogP contribution in [0.25, 0.3) is 0 Å². The summed E-state index contributed by atoms with van der Waals surface area (Å²) in [5.41, 5.74) is -1.53. The number of hydrogen-bond acceptors (Lipinski definition) is 4. The first kappa shape index (κ1) is 23.1. The lowest BCUT2D eigenvalue weighted by Gasteiger charge is -2.32. The summed E-state index contributed by atoms with van der Waals surface area (Å²) in [4.78, 5) is 12.7. The smallest absolute Gasteiger partial charge is 0.438 e. The minimum absolute atomic E-state index is 0.0712. The van der Waals surface area contributed by atoms with Crippen molar-refractivity contribution in [1.82, 2.24) is 5.01 Å². The average Bonchev–Trinajstić information content (AvgIpc) is 3.05. The van der Waals surface area contributed by atoms with Crippen LogP contribution >= 0.6 is 11.6 Å². The van der Waals surface area contributed by atoms with Gasteiger partial charge < -0.3 is 9.84 Å². The van der Waals surface area contributed by atoms with Crippen molar-refractivity contribution in [2.45, 2.75) is 45.0 Å². The number of halogens is 4. The molecule has 3 rings (SSSR count). The highest BCUT2D eigenvalue weighted by atomic mass is 35.5. The SMILES string of the molecule is Cc1ccc(C(C)C)c(OCC(=O)N2N=C(c3ccc(Cl)cc3)C[C@@]2(O)C(F)(F)F)c1. The minimum atomic E-state index is -5.12.